The quantitative estimate of drug-likeness (QED) is 0.585. The maximum Gasteiger partial charge on any atom is 0.0229 e. The Balaban J connectivity index is 2.39. The maximum atomic E-state index is 3.76. The molecular weight excluding hydrogens is 200 g/mol. The Hall–Kier alpha value is 0.480. The van der Waals surface area contributed by atoms with Crippen LogP contribution in [0.5, 0.6) is 0 Å². The van der Waals surface area contributed by atoms with E-state index in [-0.39, 0.29) is 0 Å². The summed E-state index contributed by atoms with van der Waals surface area (Å²) in [6.45, 7) is 6.97. The van der Waals surface area contributed by atoms with Gasteiger partial charge in [0.1, 0.15) is 0 Å². The van der Waals surface area contributed by atoms with E-state index in [9.17, 15) is 0 Å². The van der Waals surface area contributed by atoms with Crippen LogP contribution in [0.15, 0.2) is 0 Å². The Kier molecular flexibility index (Phi) is 3.02. The van der Waals surface area contributed by atoms with Crippen molar-refractivity contribution in [2.45, 2.75) is 50.8 Å². The maximum absolute atomic E-state index is 3.76. The zero-order valence-electron chi connectivity index (χ0n) is 7.86. The summed E-state index contributed by atoms with van der Waals surface area (Å²) >= 11 is 3.76. The lowest BCUT2D eigenvalue weighted by Gasteiger charge is -2.34. The first-order chi connectivity index (χ1) is 5.00. The summed E-state index contributed by atoms with van der Waals surface area (Å²) in [5.41, 5.74) is 0. The van der Waals surface area contributed by atoms with Crippen molar-refractivity contribution in [2.75, 3.05) is 0 Å². The number of rotatable bonds is 1. The lowest BCUT2D eigenvalue weighted by molar-refractivity contribution is 0.256. The zero-order valence-corrected chi connectivity index (χ0v) is 9.45. The van der Waals surface area contributed by atoms with Crippen LogP contribution in [-0.2, 0) is 0 Å². The Morgan fingerprint density at radius 1 is 1.09 bits per heavy atom. The van der Waals surface area contributed by atoms with Crippen molar-refractivity contribution in [3.63, 3.8) is 0 Å². The van der Waals surface area contributed by atoms with E-state index in [1.54, 1.807) is 0 Å². The van der Waals surface area contributed by atoms with Crippen molar-refractivity contribution in [3.05, 3.63) is 0 Å². The van der Waals surface area contributed by atoms with Crippen LogP contribution in [0, 0.1) is 11.8 Å². The number of hydrogen-bond acceptors (Lipinski definition) is 0. The van der Waals surface area contributed by atoms with Gasteiger partial charge in [-0.15, -0.1) is 0 Å². The van der Waals surface area contributed by atoms with E-state index in [1.807, 2.05) is 0 Å². The molecule has 1 rings (SSSR count). The SMILES string of the molecule is CC1CCC(C(C)(C)Br)CC1. The molecule has 0 unspecified atom stereocenters. The van der Waals surface area contributed by atoms with Gasteiger partial charge < -0.3 is 0 Å². The molecule has 0 aliphatic heterocycles. The minimum absolute atomic E-state index is 0.368. The van der Waals surface area contributed by atoms with Crippen LogP contribution in [-0.4, -0.2) is 4.32 Å². The molecule has 1 aliphatic carbocycles. The van der Waals surface area contributed by atoms with Gasteiger partial charge in [-0.25, -0.2) is 0 Å². The van der Waals surface area contributed by atoms with Crippen LogP contribution in [0.3, 0.4) is 0 Å². The van der Waals surface area contributed by atoms with Crippen molar-refractivity contribution in [3.8, 4) is 0 Å². The molecule has 11 heavy (non-hydrogen) atoms. The van der Waals surface area contributed by atoms with Gasteiger partial charge in [-0.3, -0.25) is 0 Å². The molecule has 0 nitrogen and oxygen atoms in total. The van der Waals surface area contributed by atoms with E-state index in [4.69, 9.17) is 0 Å². The highest BCUT2D eigenvalue weighted by Gasteiger charge is 2.29. The molecule has 0 heterocycles. The topological polar surface area (TPSA) is 0 Å². The smallest absolute Gasteiger partial charge is 0.0229 e. The summed E-state index contributed by atoms with van der Waals surface area (Å²) in [4.78, 5) is 0. The lowest BCUT2D eigenvalue weighted by Crippen LogP contribution is -2.27. The third-order valence-corrected chi connectivity index (χ3v) is 3.63. The second kappa shape index (κ2) is 3.47. The molecule has 1 saturated carbocycles. The molecule has 0 spiro atoms. The van der Waals surface area contributed by atoms with E-state index in [0.29, 0.717) is 4.32 Å². The Morgan fingerprint density at radius 3 is 1.91 bits per heavy atom. The fourth-order valence-corrected chi connectivity index (χ4v) is 2.40. The van der Waals surface area contributed by atoms with Crippen molar-refractivity contribution in [1.82, 2.24) is 0 Å². The highest BCUT2D eigenvalue weighted by molar-refractivity contribution is 9.10. The molecule has 1 heteroatoms. The van der Waals surface area contributed by atoms with E-state index in [0.717, 1.165) is 11.8 Å². The minimum atomic E-state index is 0.368. The summed E-state index contributed by atoms with van der Waals surface area (Å²) in [5.74, 6) is 1.87. The highest BCUT2D eigenvalue weighted by atomic mass is 79.9. The third-order valence-electron chi connectivity index (χ3n) is 2.99. The largest absolute Gasteiger partial charge is 0.0856 e. The zero-order chi connectivity index (χ0) is 8.48. The number of halogens is 1. The summed E-state index contributed by atoms with van der Waals surface area (Å²) in [7, 11) is 0. The van der Waals surface area contributed by atoms with Crippen LogP contribution in [0.4, 0.5) is 0 Å². The first-order valence-corrected chi connectivity index (χ1v) is 5.48. The van der Waals surface area contributed by atoms with Gasteiger partial charge in [-0.1, -0.05) is 35.7 Å². The van der Waals surface area contributed by atoms with E-state index < -0.39 is 0 Å². The van der Waals surface area contributed by atoms with Crippen molar-refractivity contribution < 1.29 is 0 Å². The average molecular weight is 219 g/mol. The van der Waals surface area contributed by atoms with Crippen LogP contribution in [0.2, 0.25) is 0 Å². The first-order valence-electron chi connectivity index (χ1n) is 4.69. The number of alkyl halides is 1. The summed E-state index contributed by atoms with van der Waals surface area (Å²) in [5, 5.41) is 0. The third kappa shape index (κ3) is 2.77. The Bertz CT molecular complexity index is 115. The number of hydrogen-bond donors (Lipinski definition) is 0. The summed E-state index contributed by atoms with van der Waals surface area (Å²) in [6, 6.07) is 0. The van der Waals surface area contributed by atoms with Crippen LogP contribution in [0.1, 0.15) is 46.5 Å². The Morgan fingerprint density at radius 2 is 1.55 bits per heavy atom. The van der Waals surface area contributed by atoms with Gasteiger partial charge in [0.2, 0.25) is 0 Å². The van der Waals surface area contributed by atoms with E-state index in [1.165, 1.54) is 25.7 Å². The molecule has 0 aromatic rings. The minimum Gasteiger partial charge on any atom is -0.0856 e. The molecule has 0 N–H and O–H groups in total. The monoisotopic (exact) mass is 218 g/mol. The molecule has 1 aliphatic rings. The molecule has 0 amide bonds. The molecule has 0 radical (unpaired) electrons. The molecule has 0 saturated heterocycles. The van der Waals surface area contributed by atoms with Gasteiger partial charge >= 0.3 is 0 Å². The molecule has 0 atom stereocenters. The highest BCUT2D eigenvalue weighted by Crippen LogP contribution is 2.39. The van der Waals surface area contributed by atoms with Gasteiger partial charge in [0.05, 0.1) is 0 Å². The normalized spacial score (nSPS) is 33.8. The fourth-order valence-electron chi connectivity index (χ4n) is 1.95. The van der Waals surface area contributed by atoms with Gasteiger partial charge in [0.25, 0.3) is 0 Å². The van der Waals surface area contributed by atoms with Crippen LogP contribution >= 0.6 is 15.9 Å². The molecular formula is C10H19Br. The second-order valence-electron chi connectivity index (χ2n) is 4.52. The summed E-state index contributed by atoms with van der Waals surface area (Å²) < 4.78 is 0.368. The fraction of sp³-hybridized carbons (Fsp3) is 1.00. The predicted molar refractivity (Wildman–Crippen MR) is 54.1 cm³/mol. The molecule has 1 fully saturated rings. The van der Waals surface area contributed by atoms with Gasteiger partial charge in [0, 0.05) is 4.32 Å². The molecule has 0 bridgehead atoms. The standard InChI is InChI=1S/C10H19Br/c1-8-4-6-9(7-5-8)10(2,3)11/h8-9H,4-7H2,1-3H3. The van der Waals surface area contributed by atoms with Gasteiger partial charge in [0.15, 0.2) is 0 Å². The molecule has 0 aromatic heterocycles. The lowest BCUT2D eigenvalue weighted by atomic mass is 9.77. The van der Waals surface area contributed by atoms with Gasteiger partial charge in [-0.05, 0) is 38.5 Å². The van der Waals surface area contributed by atoms with E-state index >= 15 is 0 Å². The van der Waals surface area contributed by atoms with Crippen molar-refractivity contribution in [1.29, 1.82) is 0 Å². The van der Waals surface area contributed by atoms with Crippen molar-refractivity contribution in [2.24, 2.45) is 11.8 Å². The molecule has 0 aromatic carbocycles. The summed E-state index contributed by atoms with van der Waals surface area (Å²) in [6.07, 6.45) is 5.69. The van der Waals surface area contributed by atoms with Crippen LogP contribution < -0.4 is 0 Å². The van der Waals surface area contributed by atoms with Crippen LogP contribution in [0.25, 0.3) is 0 Å². The first kappa shape index (κ1) is 9.57. The second-order valence-corrected chi connectivity index (χ2v) is 6.57. The average Bonchev–Trinajstić information content (AvgIpc) is 1.86. The molecule has 66 valence electrons. The van der Waals surface area contributed by atoms with E-state index in [2.05, 4.69) is 36.7 Å². The predicted octanol–water partition coefficient (Wildman–Crippen LogP) is 3.99. The van der Waals surface area contributed by atoms with Gasteiger partial charge in [-0.2, -0.15) is 0 Å². The van der Waals surface area contributed by atoms with Crippen molar-refractivity contribution >= 4 is 15.9 Å². The Labute approximate surface area is 78.9 Å².